The Kier molecular flexibility index (Phi) is 5.69. The molecule has 2 aliphatic rings. The minimum atomic E-state index is -0.134. The van der Waals surface area contributed by atoms with Crippen LogP contribution in [0.2, 0.25) is 0 Å². The maximum Gasteiger partial charge on any atom is 0.319 e. The lowest BCUT2D eigenvalue weighted by molar-refractivity contribution is -0.142. The minimum absolute atomic E-state index is 0.134. The van der Waals surface area contributed by atoms with Crippen molar-refractivity contribution in [2.24, 2.45) is 5.92 Å². The highest BCUT2D eigenvalue weighted by Crippen LogP contribution is 2.38. The summed E-state index contributed by atoms with van der Waals surface area (Å²) in [6.45, 7) is 4.62. The number of piperidine rings is 1. The van der Waals surface area contributed by atoms with Crippen LogP contribution in [-0.4, -0.2) is 49.7 Å². The molecule has 0 spiro atoms. The number of hydrogen-bond donors (Lipinski definition) is 1. The molecule has 1 saturated carbocycles. The van der Waals surface area contributed by atoms with Crippen molar-refractivity contribution in [2.75, 3.05) is 26.7 Å². The van der Waals surface area contributed by atoms with Crippen molar-refractivity contribution < 1.29 is 9.53 Å². The van der Waals surface area contributed by atoms with Crippen molar-refractivity contribution in [1.82, 2.24) is 10.2 Å². The highest BCUT2D eigenvalue weighted by atomic mass is 16.5. The van der Waals surface area contributed by atoms with Crippen LogP contribution in [-0.2, 0) is 9.53 Å². The van der Waals surface area contributed by atoms with Crippen LogP contribution in [0, 0.1) is 5.92 Å². The molecule has 4 heteroatoms. The molecule has 0 amide bonds. The van der Waals surface area contributed by atoms with E-state index < -0.39 is 0 Å². The maximum absolute atomic E-state index is 11.3. The lowest BCUT2D eigenvalue weighted by atomic mass is 10.0. The summed E-state index contributed by atoms with van der Waals surface area (Å²) in [5, 5.41) is 3.81. The van der Waals surface area contributed by atoms with Crippen LogP contribution in [0.15, 0.2) is 35.9 Å². The monoisotopic (exact) mass is 328 g/mol. The molecule has 0 unspecified atom stereocenters. The van der Waals surface area contributed by atoms with Crippen molar-refractivity contribution >= 4 is 12.0 Å². The SMILES string of the molecule is COC(=O)CN1CCC(N[C@@H]2C[C@H]2C(C)=Cc2ccccc2)CC1. The van der Waals surface area contributed by atoms with Gasteiger partial charge in [-0.05, 0) is 37.7 Å². The molecule has 1 aromatic rings. The highest BCUT2D eigenvalue weighted by molar-refractivity contribution is 5.71. The van der Waals surface area contributed by atoms with E-state index in [4.69, 9.17) is 4.74 Å². The second-order valence-electron chi connectivity index (χ2n) is 7.04. The molecule has 1 heterocycles. The summed E-state index contributed by atoms with van der Waals surface area (Å²) in [4.78, 5) is 13.5. The van der Waals surface area contributed by atoms with E-state index in [9.17, 15) is 4.79 Å². The smallest absolute Gasteiger partial charge is 0.319 e. The van der Waals surface area contributed by atoms with Gasteiger partial charge in [-0.3, -0.25) is 9.69 Å². The molecule has 2 fully saturated rings. The molecule has 1 saturated heterocycles. The van der Waals surface area contributed by atoms with Gasteiger partial charge < -0.3 is 10.1 Å². The Morgan fingerprint density at radius 3 is 2.67 bits per heavy atom. The Morgan fingerprint density at radius 1 is 1.29 bits per heavy atom. The number of nitrogens with one attached hydrogen (secondary N) is 1. The second kappa shape index (κ2) is 7.95. The molecule has 0 bridgehead atoms. The molecule has 1 N–H and O–H groups in total. The van der Waals surface area contributed by atoms with Gasteiger partial charge in [0.05, 0.1) is 13.7 Å². The first-order valence-corrected chi connectivity index (χ1v) is 8.94. The maximum atomic E-state index is 11.3. The van der Waals surface area contributed by atoms with Crippen LogP contribution in [0.1, 0.15) is 31.7 Å². The summed E-state index contributed by atoms with van der Waals surface area (Å²) in [6.07, 6.45) is 5.78. The summed E-state index contributed by atoms with van der Waals surface area (Å²) in [6, 6.07) is 11.8. The summed E-state index contributed by atoms with van der Waals surface area (Å²) in [5.41, 5.74) is 2.76. The van der Waals surface area contributed by atoms with E-state index in [-0.39, 0.29) is 5.97 Å². The Balaban J connectivity index is 1.41. The van der Waals surface area contributed by atoms with Gasteiger partial charge in [0.2, 0.25) is 0 Å². The number of rotatable bonds is 6. The van der Waals surface area contributed by atoms with Gasteiger partial charge >= 0.3 is 5.97 Å². The average Bonchev–Trinajstić information content (AvgIpc) is 3.37. The summed E-state index contributed by atoms with van der Waals surface area (Å²) < 4.78 is 4.74. The highest BCUT2D eigenvalue weighted by Gasteiger charge is 2.39. The van der Waals surface area contributed by atoms with E-state index in [2.05, 4.69) is 53.5 Å². The predicted octanol–water partition coefficient (Wildman–Crippen LogP) is 2.71. The average molecular weight is 328 g/mol. The fourth-order valence-corrected chi connectivity index (χ4v) is 3.61. The number of nitrogens with zero attached hydrogens (tertiary/aromatic N) is 1. The number of likely N-dealkylation sites (tertiary alicyclic amines) is 1. The van der Waals surface area contributed by atoms with Gasteiger partial charge in [0.15, 0.2) is 0 Å². The van der Waals surface area contributed by atoms with Gasteiger partial charge in [0.25, 0.3) is 0 Å². The lowest BCUT2D eigenvalue weighted by Crippen LogP contribution is -2.45. The largest absolute Gasteiger partial charge is 0.468 e. The minimum Gasteiger partial charge on any atom is -0.468 e. The van der Waals surface area contributed by atoms with Gasteiger partial charge in [-0.2, -0.15) is 0 Å². The van der Waals surface area contributed by atoms with E-state index in [0.29, 0.717) is 24.5 Å². The van der Waals surface area contributed by atoms with Crippen molar-refractivity contribution in [3.05, 3.63) is 41.5 Å². The van der Waals surface area contributed by atoms with Gasteiger partial charge in [0.1, 0.15) is 0 Å². The van der Waals surface area contributed by atoms with Gasteiger partial charge in [-0.1, -0.05) is 42.0 Å². The van der Waals surface area contributed by atoms with Crippen molar-refractivity contribution in [1.29, 1.82) is 0 Å². The Morgan fingerprint density at radius 2 is 2.00 bits per heavy atom. The van der Waals surface area contributed by atoms with Crippen LogP contribution in [0.3, 0.4) is 0 Å². The fourth-order valence-electron chi connectivity index (χ4n) is 3.61. The number of carbonyl (C=O) groups is 1. The number of esters is 1. The number of carbonyl (C=O) groups excluding carboxylic acids is 1. The van der Waals surface area contributed by atoms with E-state index in [0.717, 1.165) is 25.9 Å². The third-order valence-corrected chi connectivity index (χ3v) is 5.19. The molecular weight excluding hydrogens is 300 g/mol. The number of methoxy groups -OCH3 is 1. The molecule has 4 nitrogen and oxygen atoms in total. The summed E-state index contributed by atoms with van der Waals surface area (Å²) in [7, 11) is 1.45. The zero-order chi connectivity index (χ0) is 16.9. The molecular formula is C20H28N2O2. The van der Waals surface area contributed by atoms with Crippen molar-refractivity contribution in [3.8, 4) is 0 Å². The predicted molar refractivity (Wildman–Crippen MR) is 96.6 cm³/mol. The number of benzene rings is 1. The summed E-state index contributed by atoms with van der Waals surface area (Å²) in [5.74, 6) is 0.545. The van der Waals surface area contributed by atoms with Crippen LogP contribution in [0.4, 0.5) is 0 Å². The molecule has 0 radical (unpaired) electrons. The quantitative estimate of drug-likeness (QED) is 0.815. The lowest BCUT2D eigenvalue weighted by Gasteiger charge is -2.31. The van der Waals surface area contributed by atoms with Gasteiger partial charge in [0, 0.05) is 25.2 Å². The second-order valence-corrected chi connectivity index (χ2v) is 7.04. The normalized spacial score (nSPS) is 25.5. The van der Waals surface area contributed by atoms with Crippen molar-refractivity contribution in [3.63, 3.8) is 0 Å². The van der Waals surface area contributed by atoms with E-state index in [1.165, 1.54) is 24.7 Å². The van der Waals surface area contributed by atoms with Crippen LogP contribution in [0.5, 0.6) is 0 Å². The molecule has 1 aromatic carbocycles. The number of hydrogen-bond acceptors (Lipinski definition) is 4. The molecule has 2 atom stereocenters. The molecule has 1 aliphatic carbocycles. The zero-order valence-corrected chi connectivity index (χ0v) is 14.7. The topological polar surface area (TPSA) is 41.6 Å². The first kappa shape index (κ1) is 17.2. The van der Waals surface area contributed by atoms with Crippen LogP contribution in [0.25, 0.3) is 6.08 Å². The molecule has 0 aromatic heterocycles. The van der Waals surface area contributed by atoms with Crippen molar-refractivity contribution in [2.45, 2.75) is 38.3 Å². The first-order chi connectivity index (χ1) is 11.7. The molecule has 1 aliphatic heterocycles. The van der Waals surface area contributed by atoms with E-state index >= 15 is 0 Å². The standard InChI is InChI=1S/C20H28N2O2/c1-15(12-16-6-4-3-5-7-16)18-13-19(18)21-17-8-10-22(11-9-17)14-20(23)24-2/h3-7,12,17-19,21H,8-11,13-14H2,1-2H3/t18-,19+/m0/s1. The van der Waals surface area contributed by atoms with Crippen LogP contribution < -0.4 is 5.32 Å². The number of ether oxygens (including phenoxy) is 1. The third-order valence-electron chi connectivity index (χ3n) is 5.19. The summed E-state index contributed by atoms with van der Waals surface area (Å²) >= 11 is 0. The Labute approximate surface area is 144 Å². The Hall–Kier alpha value is -1.65. The molecule has 130 valence electrons. The van der Waals surface area contributed by atoms with Gasteiger partial charge in [-0.25, -0.2) is 0 Å². The van der Waals surface area contributed by atoms with E-state index in [1.807, 2.05) is 0 Å². The van der Waals surface area contributed by atoms with Gasteiger partial charge in [-0.15, -0.1) is 0 Å². The third kappa shape index (κ3) is 4.68. The van der Waals surface area contributed by atoms with E-state index in [1.54, 1.807) is 0 Å². The Bertz CT molecular complexity index is 577. The first-order valence-electron chi connectivity index (χ1n) is 8.94. The molecule has 3 rings (SSSR count). The zero-order valence-electron chi connectivity index (χ0n) is 14.7. The van der Waals surface area contributed by atoms with Crippen LogP contribution >= 0.6 is 0 Å². The molecule has 24 heavy (non-hydrogen) atoms. The fraction of sp³-hybridized carbons (Fsp3) is 0.550.